The molecule has 2 heterocycles. The van der Waals surface area contributed by atoms with E-state index in [0.29, 0.717) is 5.69 Å². The molecule has 0 saturated carbocycles. The van der Waals surface area contributed by atoms with Gasteiger partial charge in [-0.1, -0.05) is 23.2 Å². The molecule has 3 rings (SSSR count). The van der Waals surface area contributed by atoms with Gasteiger partial charge in [-0.3, -0.25) is 9.52 Å². The van der Waals surface area contributed by atoms with Crippen molar-refractivity contribution in [2.75, 3.05) is 10.0 Å². The van der Waals surface area contributed by atoms with E-state index in [1.165, 1.54) is 43.3 Å². The van der Waals surface area contributed by atoms with E-state index in [1.807, 2.05) is 0 Å². The van der Waals surface area contributed by atoms with Gasteiger partial charge in [-0.15, -0.1) is 10.2 Å². The summed E-state index contributed by atoms with van der Waals surface area (Å²) in [5.74, 6) is -1.09. The summed E-state index contributed by atoms with van der Waals surface area (Å²) in [6, 6.07) is 8.06. The van der Waals surface area contributed by atoms with Crippen LogP contribution < -0.4 is 10.0 Å². The number of aromatic nitrogens is 4. The molecule has 2 N–H and O–H groups in total. The van der Waals surface area contributed by atoms with E-state index in [9.17, 15) is 23.3 Å². The average molecular weight is 486 g/mol. The lowest BCUT2D eigenvalue weighted by Gasteiger charge is -2.08. The maximum absolute atomic E-state index is 12.4. The zero-order chi connectivity index (χ0) is 22.8. The fourth-order valence-corrected chi connectivity index (χ4v) is 3.70. The van der Waals surface area contributed by atoms with Crippen LogP contribution in [0.3, 0.4) is 0 Å². The first-order chi connectivity index (χ1) is 14.6. The first-order valence-corrected chi connectivity index (χ1v) is 10.6. The van der Waals surface area contributed by atoms with Gasteiger partial charge in [-0.2, -0.15) is 4.68 Å². The summed E-state index contributed by atoms with van der Waals surface area (Å²) >= 11 is 11.5. The van der Waals surface area contributed by atoms with Crippen LogP contribution in [0, 0.1) is 17.0 Å². The normalized spacial score (nSPS) is 11.2. The number of hydrogen-bond acceptors (Lipinski definition) is 8. The van der Waals surface area contributed by atoms with Gasteiger partial charge < -0.3 is 15.4 Å². The lowest BCUT2D eigenvalue weighted by atomic mass is 10.3. The molecule has 15 heteroatoms. The molecule has 162 valence electrons. The molecule has 1 aromatic carbocycles. The minimum Gasteiger partial charge on any atom is -0.358 e. The monoisotopic (exact) mass is 485 g/mol. The molecule has 0 fully saturated rings. The van der Waals surface area contributed by atoms with E-state index in [2.05, 4.69) is 25.3 Å². The summed E-state index contributed by atoms with van der Waals surface area (Å²) in [6.07, 6.45) is 0. The van der Waals surface area contributed by atoms with Gasteiger partial charge in [0.25, 0.3) is 10.0 Å². The number of carbonyl (C=O) groups is 1. The summed E-state index contributed by atoms with van der Waals surface area (Å²) in [5.41, 5.74) is 0.571. The Morgan fingerprint density at radius 1 is 1.16 bits per heavy atom. The highest BCUT2D eigenvalue weighted by Crippen LogP contribution is 2.26. The minimum atomic E-state index is -3.94. The van der Waals surface area contributed by atoms with E-state index >= 15 is 0 Å². The Morgan fingerprint density at radius 3 is 2.39 bits per heavy atom. The maximum atomic E-state index is 12.4. The topological polar surface area (TPSA) is 162 Å². The van der Waals surface area contributed by atoms with Crippen LogP contribution in [-0.2, 0) is 21.4 Å². The summed E-state index contributed by atoms with van der Waals surface area (Å²) < 4.78 is 28.2. The third kappa shape index (κ3) is 5.25. The van der Waals surface area contributed by atoms with Gasteiger partial charge in [-0.05, 0) is 48.2 Å². The first-order valence-electron chi connectivity index (χ1n) is 8.36. The van der Waals surface area contributed by atoms with Crippen LogP contribution in [0.4, 0.5) is 17.3 Å². The number of rotatable bonds is 7. The van der Waals surface area contributed by atoms with Gasteiger partial charge in [0.15, 0.2) is 16.0 Å². The standard InChI is InChI=1S/C16H13Cl2N7O5S/c1-9-15(18)16(25(27)28)22-24(9)8-14(26)19-10-2-4-11(5-3-10)31(29,30)23-13-7-6-12(17)20-21-13/h2-7H,8H2,1H3,(H,19,26)(H,21,23). The summed E-state index contributed by atoms with van der Waals surface area (Å²) in [7, 11) is -3.94. The number of carbonyl (C=O) groups excluding carboxylic acids is 1. The molecule has 0 unspecified atom stereocenters. The van der Waals surface area contributed by atoms with Crippen molar-refractivity contribution in [3.8, 4) is 0 Å². The molecule has 0 atom stereocenters. The Balaban J connectivity index is 1.67. The number of benzene rings is 1. The van der Waals surface area contributed by atoms with Crippen molar-refractivity contribution in [3.05, 3.63) is 62.4 Å². The number of amides is 1. The van der Waals surface area contributed by atoms with E-state index in [4.69, 9.17) is 23.2 Å². The van der Waals surface area contributed by atoms with Crippen molar-refractivity contribution in [1.29, 1.82) is 0 Å². The van der Waals surface area contributed by atoms with Crippen LogP contribution in [0.25, 0.3) is 0 Å². The van der Waals surface area contributed by atoms with Gasteiger partial charge in [0.2, 0.25) is 5.91 Å². The van der Waals surface area contributed by atoms with Crippen molar-refractivity contribution in [1.82, 2.24) is 20.0 Å². The Bertz CT molecular complexity index is 1240. The average Bonchev–Trinajstić information content (AvgIpc) is 2.98. The third-order valence-corrected chi connectivity index (χ3v) is 5.92. The Hall–Kier alpha value is -3.29. The van der Waals surface area contributed by atoms with Gasteiger partial charge in [0.1, 0.15) is 6.54 Å². The Morgan fingerprint density at radius 2 is 1.84 bits per heavy atom. The van der Waals surface area contributed by atoms with Crippen LogP contribution in [0.5, 0.6) is 0 Å². The third-order valence-electron chi connectivity index (χ3n) is 3.90. The fraction of sp³-hybridized carbons (Fsp3) is 0.125. The second-order valence-electron chi connectivity index (χ2n) is 6.06. The molecule has 0 bridgehead atoms. The van der Waals surface area contributed by atoms with Gasteiger partial charge in [-0.25, -0.2) is 8.42 Å². The van der Waals surface area contributed by atoms with Crippen molar-refractivity contribution < 1.29 is 18.1 Å². The number of hydrogen-bond donors (Lipinski definition) is 2. The molecule has 0 radical (unpaired) electrons. The molecule has 12 nitrogen and oxygen atoms in total. The number of halogens is 2. The zero-order valence-electron chi connectivity index (χ0n) is 15.6. The van der Waals surface area contributed by atoms with E-state index in [-0.39, 0.29) is 33.1 Å². The predicted octanol–water partition coefficient (Wildman–Crippen LogP) is 2.64. The number of nitrogens with one attached hydrogen (secondary N) is 2. The molecule has 0 aliphatic heterocycles. The van der Waals surface area contributed by atoms with Gasteiger partial charge >= 0.3 is 5.82 Å². The largest absolute Gasteiger partial charge is 0.408 e. The molecule has 0 spiro atoms. The minimum absolute atomic E-state index is 0.0101. The molecular weight excluding hydrogens is 473 g/mol. The number of nitro groups is 1. The maximum Gasteiger partial charge on any atom is 0.408 e. The zero-order valence-corrected chi connectivity index (χ0v) is 17.9. The van der Waals surface area contributed by atoms with Crippen molar-refractivity contribution in [2.45, 2.75) is 18.4 Å². The van der Waals surface area contributed by atoms with Crippen molar-refractivity contribution in [2.24, 2.45) is 0 Å². The second-order valence-corrected chi connectivity index (χ2v) is 8.50. The molecule has 2 aromatic heterocycles. The molecule has 31 heavy (non-hydrogen) atoms. The van der Waals surface area contributed by atoms with Crippen LogP contribution in [-0.4, -0.2) is 39.2 Å². The predicted molar refractivity (Wildman–Crippen MR) is 112 cm³/mol. The van der Waals surface area contributed by atoms with Crippen molar-refractivity contribution in [3.63, 3.8) is 0 Å². The summed E-state index contributed by atoms with van der Waals surface area (Å²) in [5, 5.41) is 24.3. The smallest absolute Gasteiger partial charge is 0.358 e. The molecule has 3 aromatic rings. The van der Waals surface area contributed by atoms with Crippen LogP contribution >= 0.6 is 23.2 Å². The van der Waals surface area contributed by atoms with Crippen LogP contribution in [0.1, 0.15) is 5.69 Å². The van der Waals surface area contributed by atoms with Gasteiger partial charge in [0.05, 0.1) is 15.7 Å². The first kappa shape index (κ1) is 22.4. The Kier molecular flexibility index (Phi) is 6.38. The molecule has 1 amide bonds. The van der Waals surface area contributed by atoms with Crippen LogP contribution in [0.2, 0.25) is 10.2 Å². The van der Waals surface area contributed by atoms with E-state index < -0.39 is 26.7 Å². The highest BCUT2D eigenvalue weighted by molar-refractivity contribution is 7.92. The lowest BCUT2D eigenvalue weighted by molar-refractivity contribution is -0.389. The fourth-order valence-electron chi connectivity index (χ4n) is 2.40. The quantitative estimate of drug-likeness (QED) is 0.380. The molecule has 0 aliphatic rings. The molecule has 0 saturated heterocycles. The summed E-state index contributed by atoms with van der Waals surface area (Å²) in [4.78, 5) is 22.3. The SMILES string of the molecule is Cc1c(Cl)c([N+](=O)[O-])nn1CC(=O)Nc1ccc(S(=O)(=O)Nc2ccc(Cl)nn2)cc1. The van der Waals surface area contributed by atoms with Gasteiger partial charge in [0, 0.05) is 5.69 Å². The summed E-state index contributed by atoms with van der Waals surface area (Å²) in [6.45, 7) is 1.17. The molecule has 0 aliphatic carbocycles. The molecular formula is C16H13Cl2N7O5S. The lowest BCUT2D eigenvalue weighted by Crippen LogP contribution is -2.20. The Labute approximate surface area is 185 Å². The highest BCUT2D eigenvalue weighted by atomic mass is 35.5. The second kappa shape index (κ2) is 8.83. The van der Waals surface area contributed by atoms with E-state index in [1.54, 1.807) is 0 Å². The van der Waals surface area contributed by atoms with Crippen LogP contribution in [0.15, 0.2) is 41.3 Å². The van der Waals surface area contributed by atoms with Crippen molar-refractivity contribution >= 4 is 56.5 Å². The number of sulfonamides is 1. The highest BCUT2D eigenvalue weighted by Gasteiger charge is 2.25. The van der Waals surface area contributed by atoms with E-state index in [0.717, 1.165) is 4.68 Å². The number of anilines is 2. The number of nitrogens with zero attached hydrogens (tertiary/aromatic N) is 5.